The number of halogens is 2. The standard InChI is InChI=1S/C28H27BrINO4/c1-2-34-24-14-17(13-19(30)28(24)35-15-16-7-3-4-8-18(16)29)25-26-20(9-5-11-22(26)32)31-21-10-6-12-23(33)27(21)25/h3-4,7-8,13-14,25,31H,2,5-6,9-12,15H2,1H3. The molecule has 7 heteroatoms. The van der Waals surface area contributed by atoms with Crippen molar-refractivity contribution in [2.75, 3.05) is 6.61 Å². The van der Waals surface area contributed by atoms with Crippen LogP contribution in [0.2, 0.25) is 0 Å². The van der Waals surface area contributed by atoms with Gasteiger partial charge in [0.05, 0.1) is 10.2 Å². The summed E-state index contributed by atoms with van der Waals surface area (Å²) in [7, 11) is 0. The Morgan fingerprint density at radius 3 is 2.26 bits per heavy atom. The molecule has 0 atom stereocenters. The lowest BCUT2D eigenvalue weighted by Gasteiger charge is -2.37. The van der Waals surface area contributed by atoms with E-state index in [0.29, 0.717) is 37.6 Å². The highest BCUT2D eigenvalue weighted by Gasteiger charge is 2.40. The van der Waals surface area contributed by atoms with Crippen molar-refractivity contribution >= 4 is 50.1 Å². The van der Waals surface area contributed by atoms with Gasteiger partial charge in [-0.3, -0.25) is 9.59 Å². The van der Waals surface area contributed by atoms with E-state index in [2.05, 4.69) is 43.8 Å². The van der Waals surface area contributed by atoms with Crippen LogP contribution in [0.3, 0.4) is 0 Å². The molecule has 0 saturated heterocycles. The Labute approximate surface area is 227 Å². The molecule has 0 bridgehead atoms. The normalized spacial score (nSPS) is 18.3. The fourth-order valence-corrected chi connectivity index (χ4v) is 6.42. The largest absolute Gasteiger partial charge is 0.490 e. The number of ketones is 2. The molecule has 0 amide bonds. The van der Waals surface area contributed by atoms with Gasteiger partial charge in [0, 0.05) is 51.3 Å². The van der Waals surface area contributed by atoms with Crippen molar-refractivity contribution in [1.29, 1.82) is 0 Å². The number of rotatable bonds is 6. The lowest BCUT2D eigenvalue weighted by molar-refractivity contribution is -0.116. The Bertz CT molecular complexity index is 1220. The van der Waals surface area contributed by atoms with Gasteiger partial charge >= 0.3 is 0 Å². The number of allylic oxidation sites excluding steroid dienone is 4. The second kappa shape index (κ2) is 10.5. The van der Waals surface area contributed by atoms with E-state index < -0.39 is 0 Å². The van der Waals surface area contributed by atoms with Crippen LogP contribution in [0.25, 0.3) is 0 Å². The summed E-state index contributed by atoms with van der Waals surface area (Å²) in [6, 6.07) is 12.0. The van der Waals surface area contributed by atoms with E-state index in [1.54, 1.807) is 0 Å². The molecule has 2 aromatic rings. The minimum absolute atomic E-state index is 0.135. The van der Waals surface area contributed by atoms with E-state index in [0.717, 1.165) is 67.4 Å². The quantitative estimate of drug-likeness (QED) is 0.352. The number of nitrogens with one attached hydrogen (secondary N) is 1. The van der Waals surface area contributed by atoms with Gasteiger partial charge < -0.3 is 14.8 Å². The van der Waals surface area contributed by atoms with E-state index >= 15 is 0 Å². The molecule has 5 nitrogen and oxygen atoms in total. The first-order chi connectivity index (χ1) is 17.0. The molecule has 0 radical (unpaired) electrons. The van der Waals surface area contributed by atoms with Gasteiger partial charge in [0.25, 0.3) is 0 Å². The van der Waals surface area contributed by atoms with Crippen LogP contribution >= 0.6 is 38.5 Å². The number of carbonyl (C=O) groups excluding carboxylic acids is 2. The summed E-state index contributed by atoms with van der Waals surface area (Å²) < 4.78 is 14.2. The molecular weight excluding hydrogens is 621 g/mol. The number of carbonyl (C=O) groups is 2. The third kappa shape index (κ3) is 4.81. The van der Waals surface area contributed by atoms with Crippen molar-refractivity contribution in [3.8, 4) is 11.5 Å². The third-order valence-electron chi connectivity index (χ3n) is 6.79. The molecule has 1 aliphatic heterocycles. The molecule has 0 spiro atoms. The van der Waals surface area contributed by atoms with Crippen molar-refractivity contribution in [1.82, 2.24) is 5.32 Å². The lowest BCUT2D eigenvalue weighted by atomic mass is 9.71. The maximum Gasteiger partial charge on any atom is 0.174 e. The van der Waals surface area contributed by atoms with Gasteiger partial charge in [0.15, 0.2) is 23.1 Å². The first-order valence-electron chi connectivity index (χ1n) is 12.1. The number of hydrogen-bond acceptors (Lipinski definition) is 5. The zero-order valence-corrected chi connectivity index (χ0v) is 23.3. The van der Waals surface area contributed by atoms with Crippen molar-refractivity contribution < 1.29 is 19.1 Å². The smallest absolute Gasteiger partial charge is 0.174 e. The van der Waals surface area contributed by atoms with Gasteiger partial charge in [-0.2, -0.15) is 0 Å². The first-order valence-corrected chi connectivity index (χ1v) is 14.0. The molecule has 0 unspecified atom stereocenters. The Balaban J connectivity index is 1.58. The van der Waals surface area contributed by atoms with Gasteiger partial charge in [-0.1, -0.05) is 34.1 Å². The number of benzene rings is 2. The topological polar surface area (TPSA) is 64.6 Å². The first kappa shape index (κ1) is 24.6. The second-order valence-electron chi connectivity index (χ2n) is 9.04. The number of ether oxygens (including phenoxy) is 2. The van der Waals surface area contributed by atoms with Crippen LogP contribution in [0.4, 0.5) is 0 Å². The molecular formula is C28H27BrINO4. The van der Waals surface area contributed by atoms with E-state index in [-0.39, 0.29) is 17.5 Å². The Morgan fingerprint density at radius 2 is 1.63 bits per heavy atom. The summed E-state index contributed by atoms with van der Waals surface area (Å²) in [6.07, 6.45) is 4.41. The predicted octanol–water partition coefficient (Wildman–Crippen LogP) is 6.73. The van der Waals surface area contributed by atoms with E-state index in [9.17, 15) is 9.59 Å². The van der Waals surface area contributed by atoms with Crippen LogP contribution < -0.4 is 14.8 Å². The van der Waals surface area contributed by atoms with Gasteiger partial charge in [-0.25, -0.2) is 0 Å². The second-order valence-corrected chi connectivity index (χ2v) is 11.1. The zero-order valence-electron chi connectivity index (χ0n) is 19.6. The van der Waals surface area contributed by atoms with Gasteiger partial charge in [0.1, 0.15) is 6.61 Å². The summed E-state index contributed by atoms with van der Waals surface area (Å²) in [6.45, 7) is 2.82. The fraction of sp³-hybridized carbons (Fsp3) is 0.357. The van der Waals surface area contributed by atoms with Crippen molar-refractivity contribution in [2.24, 2.45) is 0 Å². The maximum atomic E-state index is 13.2. The Hall–Kier alpha value is -2.13. The van der Waals surface area contributed by atoms with Crippen LogP contribution in [-0.4, -0.2) is 18.2 Å². The molecule has 2 aliphatic carbocycles. The SMILES string of the molecule is CCOc1cc(C2C3=C(CCCC3=O)NC3=C2C(=O)CCC3)cc(I)c1OCc1ccccc1Br. The van der Waals surface area contributed by atoms with E-state index in [1.807, 2.05) is 43.3 Å². The number of hydrogen-bond donors (Lipinski definition) is 1. The van der Waals surface area contributed by atoms with Gasteiger partial charge in [-0.05, 0) is 79.0 Å². The average molecular weight is 648 g/mol. The molecule has 182 valence electrons. The minimum Gasteiger partial charge on any atom is -0.490 e. The monoisotopic (exact) mass is 647 g/mol. The summed E-state index contributed by atoms with van der Waals surface area (Å²) in [5.74, 6) is 1.23. The van der Waals surface area contributed by atoms with Crippen molar-refractivity contribution in [2.45, 2.75) is 58.0 Å². The molecule has 2 aromatic carbocycles. The highest BCUT2D eigenvalue weighted by atomic mass is 127. The highest BCUT2D eigenvalue weighted by Crippen LogP contribution is 2.47. The van der Waals surface area contributed by atoms with Crippen LogP contribution in [0.5, 0.6) is 11.5 Å². The fourth-order valence-electron chi connectivity index (χ4n) is 5.24. The molecule has 5 rings (SSSR count). The van der Waals surface area contributed by atoms with Crippen molar-refractivity contribution in [3.05, 3.63) is 78.1 Å². The molecule has 0 aromatic heterocycles. The number of Topliss-reactive ketones (excluding diaryl/α,β-unsaturated/α-hetero) is 2. The van der Waals surface area contributed by atoms with E-state index in [1.165, 1.54) is 0 Å². The van der Waals surface area contributed by atoms with Crippen LogP contribution in [0, 0.1) is 3.57 Å². The summed E-state index contributed by atoms with van der Waals surface area (Å²) in [4.78, 5) is 26.3. The van der Waals surface area contributed by atoms with Crippen LogP contribution in [0.1, 0.15) is 62.5 Å². The minimum atomic E-state index is -0.355. The van der Waals surface area contributed by atoms with E-state index in [4.69, 9.17) is 9.47 Å². The lowest BCUT2D eigenvalue weighted by Crippen LogP contribution is -2.36. The summed E-state index contributed by atoms with van der Waals surface area (Å²) >= 11 is 5.85. The maximum absolute atomic E-state index is 13.2. The van der Waals surface area contributed by atoms with Crippen molar-refractivity contribution in [3.63, 3.8) is 0 Å². The molecule has 0 saturated carbocycles. The Morgan fingerprint density at radius 1 is 0.971 bits per heavy atom. The molecule has 3 aliphatic rings. The predicted molar refractivity (Wildman–Crippen MR) is 146 cm³/mol. The van der Waals surface area contributed by atoms with Gasteiger partial charge in [-0.15, -0.1) is 0 Å². The Kier molecular flexibility index (Phi) is 7.34. The highest BCUT2D eigenvalue weighted by molar-refractivity contribution is 14.1. The van der Waals surface area contributed by atoms with Crippen LogP contribution in [0.15, 0.2) is 63.4 Å². The molecule has 1 N–H and O–H groups in total. The molecule has 1 heterocycles. The average Bonchev–Trinajstić information content (AvgIpc) is 2.84. The zero-order chi connectivity index (χ0) is 24.5. The molecule has 0 fully saturated rings. The number of dihydropyridines is 1. The third-order valence-corrected chi connectivity index (χ3v) is 8.36. The molecule has 35 heavy (non-hydrogen) atoms. The summed E-state index contributed by atoms with van der Waals surface area (Å²) in [5.41, 5.74) is 5.44. The van der Waals surface area contributed by atoms with Crippen LogP contribution in [-0.2, 0) is 16.2 Å². The summed E-state index contributed by atoms with van der Waals surface area (Å²) in [5, 5.41) is 3.48. The van der Waals surface area contributed by atoms with Gasteiger partial charge in [0.2, 0.25) is 0 Å².